The smallest absolute Gasteiger partial charge is 0.227 e. The molecule has 52 heavy (non-hydrogen) atoms. The second-order valence-corrected chi connectivity index (χ2v) is 14.2. The number of hydrogen-bond acceptors (Lipinski definition) is 5. The fourth-order valence-corrected chi connectivity index (χ4v) is 8.81. The molecule has 0 atom stereocenters. The predicted octanol–water partition coefficient (Wildman–Crippen LogP) is 14.1. The fourth-order valence-electron chi connectivity index (χ4n) is 7.67. The largest absolute Gasteiger partial charge is 0.454 e. The predicted molar refractivity (Wildman–Crippen MR) is 217 cm³/mol. The van der Waals surface area contributed by atoms with E-state index in [4.69, 9.17) is 13.8 Å². The summed E-state index contributed by atoms with van der Waals surface area (Å²) in [4.78, 5) is 7.38. The molecule has 0 saturated heterocycles. The van der Waals surface area contributed by atoms with Crippen LogP contribution in [-0.2, 0) is 0 Å². The van der Waals surface area contributed by atoms with E-state index in [-0.39, 0.29) is 0 Å². The second kappa shape index (κ2) is 11.4. The topological polar surface area (TPSA) is 42.4 Å². The van der Waals surface area contributed by atoms with Gasteiger partial charge in [0, 0.05) is 42.5 Å². The number of hydrogen-bond donors (Lipinski definition) is 0. The van der Waals surface area contributed by atoms with Crippen molar-refractivity contribution in [3.63, 3.8) is 0 Å². The third kappa shape index (κ3) is 4.50. The zero-order valence-corrected chi connectivity index (χ0v) is 28.6. The molecule has 8 aromatic carbocycles. The molecule has 0 aliphatic rings. The maximum atomic E-state index is 6.78. The lowest BCUT2D eigenvalue weighted by Crippen LogP contribution is -2.10. The van der Waals surface area contributed by atoms with Gasteiger partial charge >= 0.3 is 0 Å². The molecule has 0 unspecified atom stereocenters. The second-order valence-electron chi connectivity index (χ2n) is 13.1. The van der Waals surface area contributed by atoms with Crippen molar-refractivity contribution in [1.29, 1.82) is 0 Å². The summed E-state index contributed by atoms with van der Waals surface area (Å²) < 4.78 is 15.9. The van der Waals surface area contributed by atoms with Gasteiger partial charge in [0.1, 0.15) is 11.1 Å². The number of oxazole rings is 1. The minimum Gasteiger partial charge on any atom is -0.454 e. The molecule has 0 aliphatic heterocycles. The van der Waals surface area contributed by atoms with Crippen molar-refractivity contribution < 1.29 is 8.83 Å². The fraction of sp³-hybridized carbons (Fsp3) is 0. The molecule has 4 nitrogen and oxygen atoms in total. The summed E-state index contributed by atoms with van der Waals surface area (Å²) >= 11 is 1.82. The molecule has 11 rings (SSSR count). The van der Waals surface area contributed by atoms with Crippen LogP contribution >= 0.6 is 11.3 Å². The van der Waals surface area contributed by atoms with Gasteiger partial charge in [0.2, 0.25) is 5.89 Å². The Bertz CT molecular complexity index is 3130. The lowest BCUT2D eigenvalue weighted by atomic mass is 9.98. The van der Waals surface area contributed by atoms with Crippen LogP contribution in [0.3, 0.4) is 0 Å². The zero-order valence-electron chi connectivity index (χ0n) is 27.8. The number of benzene rings is 8. The lowest BCUT2D eigenvalue weighted by Gasteiger charge is -2.26. The van der Waals surface area contributed by atoms with Gasteiger partial charge in [-0.25, -0.2) is 4.98 Å². The van der Waals surface area contributed by atoms with Crippen LogP contribution in [0.5, 0.6) is 0 Å². The zero-order chi connectivity index (χ0) is 34.2. The quantitative estimate of drug-likeness (QED) is 0.181. The number of furan rings is 1. The van der Waals surface area contributed by atoms with E-state index in [9.17, 15) is 0 Å². The average molecular weight is 685 g/mol. The van der Waals surface area contributed by atoms with E-state index in [0.29, 0.717) is 11.5 Å². The number of fused-ring (bicyclic) bond motifs is 9. The number of nitrogens with zero attached hydrogens (tertiary/aromatic N) is 2. The highest BCUT2D eigenvalue weighted by Gasteiger charge is 2.25. The molecule has 0 radical (unpaired) electrons. The number of rotatable bonds is 5. The van der Waals surface area contributed by atoms with Gasteiger partial charge in [-0.2, -0.15) is 0 Å². The highest BCUT2D eigenvalue weighted by atomic mass is 32.1. The monoisotopic (exact) mass is 684 g/mol. The van der Waals surface area contributed by atoms with Gasteiger partial charge in [0.25, 0.3) is 0 Å². The van der Waals surface area contributed by atoms with E-state index in [1.165, 1.54) is 36.5 Å². The summed E-state index contributed by atoms with van der Waals surface area (Å²) in [7, 11) is 0. The maximum Gasteiger partial charge on any atom is 0.227 e. The number of aromatic nitrogens is 1. The van der Waals surface area contributed by atoms with Crippen LogP contribution in [-0.4, -0.2) is 4.98 Å². The van der Waals surface area contributed by atoms with E-state index in [0.717, 1.165) is 55.6 Å². The molecule has 0 saturated carbocycles. The van der Waals surface area contributed by atoms with Crippen LogP contribution in [0.25, 0.3) is 86.6 Å². The molecule has 0 aliphatic carbocycles. The molecule has 5 heteroatoms. The van der Waals surface area contributed by atoms with Crippen molar-refractivity contribution in [2.45, 2.75) is 0 Å². The van der Waals surface area contributed by atoms with Crippen molar-refractivity contribution in [1.82, 2.24) is 4.98 Å². The molecule has 0 spiro atoms. The third-order valence-electron chi connectivity index (χ3n) is 10.1. The van der Waals surface area contributed by atoms with Crippen molar-refractivity contribution in [2.24, 2.45) is 0 Å². The van der Waals surface area contributed by atoms with Crippen molar-refractivity contribution >= 4 is 92.4 Å². The summed E-state index contributed by atoms with van der Waals surface area (Å²) in [6, 6.07) is 59.7. The Hall–Kier alpha value is -6.69. The summed E-state index contributed by atoms with van der Waals surface area (Å²) in [5, 5.41) is 6.90. The Balaban J connectivity index is 1.17. The average Bonchev–Trinajstić information content (AvgIpc) is 3.92. The molecule has 3 aromatic heterocycles. The van der Waals surface area contributed by atoms with Gasteiger partial charge in [0.15, 0.2) is 11.2 Å². The van der Waals surface area contributed by atoms with Crippen LogP contribution in [0.2, 0.25) is 0 Å². The molecule has 11 aromatic rings. The van der Waals surface area contributed by atoms with Crippen molar-refractivity contribution in [3.8, 4) is 22.6 Å². The summed E-state index contributed by atoms with van der Waals surface area (Å²) in [5.74, 6) is 0.581. The van der Waals surface area contributed by atoms with Gasteiger partial charge < -0.3 is 13.7 Å². The van der Waals surface area contributed by atoms with Gasteiger partial charge in [-0.15, -0.1) is 11.3 Å². The first-order chi connectivity index (χ1) is 25.8. The lowest BCUT2D eigenvalue weighted by molar-refractivity contribution is 0.622. The number of para-hydroxylation sites is 1. The van der Waals surface area contributed by atoms with Gasteiger partial charge in [-0.05, 0) is 76.5 Å². The van der Waals surface area contributed by atoms with Crippen molar-refractivity contribution in [3.05, 3.63) is 170 Å². The highest BCUT2D eigenvalue weighted by Crippen LogP contribution is 2.48. The van der Waals surface area contributed by atoms with E-state index in [1.807, 2.05) is 59.9 Å². The Morgan fingerprint density at radius 3 is 2.08 bits per heavy atom. The van der Waals surface area contributed by atoms with Crippen LogP contribution in [0.1, 0.15) is 0 Å². The maximum absolute atomic E-state index is 6.78. The Kier molecular flexibility index (Phi) is 6.39. The Morgan fingerprint density at radius 1 is 0.481 bits per heavy atom. The molecule has 0 N–H and O–H groups in total. The first kappa shape index (κ1) is 29.1. The SMILES string of the molecule is c1ccc(-c2nc3cc(N(c4ccc(-c5cccc6ccccc56)cc4)c4ccc5c(c4)sc4ccccc45)c4oc5ccccc5c4c3o2)cc1. The molecule has 3 heterocycles. The summed E-state index contributed by atoms with van der Waals surface area (Å²) in [5.41, 5.74) is 9.27. The number of anilines is 3. The van der Waals surface area contributed by atoms with E-state index >= 15 is 0 Å². The molecule has 0 bridgehead atoms. The summed E-state index contributed by atoms with van der Waals surface area (Å²) in [6.07, 6.45) is 0. The normalized spacial score (nSPS) is 11.8. The van der Waals surface area contributed by atoms with Crippen LogP contribution in [0.4, 0.5) is 17.1 Å². The van der Waals surface area contributed by atoms with Crippen molar-refractivity contribution in [2.75, 3.05) is 4.90 Å². The van der Waals surface area contributed by atoms with Crippen LogP contribution in [0.15, 0.2) is 179 Å². The van der Waals surface area contributed by atoms with Gasteiger partial charge in [-0.1, -0.05) is 115 Å². The van der Waals surface area contributed by atoms with Gasteiger partial charge in [0.05, 0.1) is 11.1 Å². The molecular formula is C47H28N2O2S. The van der Waals surface area contributed by atoms with E-state index in [1.54, 1.807) is 0 Å². The molecule has 0 amide bonds. The molecule has 0 fully saturated rings. The van der Waals surface area contributed by atoms with E-state index < -0.39 is 0 Å². The Labute approximate surface area is 302 Å². The minimum absolute atomic E-state index is 0.581. The third-order valence-corrected chi connectivity index (χ3v) is 11.2. The summed E-state index contributed by atoms with van der Waals surface area (Å²) in [6.45, 7) is 0. The minimum atomic E-state index is 0.581. The van der Waals surface area contributed by atoms with Crippen LogP contribution < -0.4 is 4.90 Å². The Morgan fingerprint density at radius 2 is 1.19 bits per heavy atom. The standard InChI is InChI=1S/C47H28N2O2S/c1-2-12-31(13-3-1)47-48-39-28-40(46-44(45(39)51-47)38-17-6-8-19-41(38)50-46)49(33-25-26-37-36-16-7-9-20-42(36)52-43(37)27-33)32-23-21-30(22-24-32)35-18-10-14-29-11-4-5-15-34(29)35/h1-28H. The number of thiophene rings is 1. The highest BCUT2D eigenvalue weighted by molar-refractivity contribution is 7.25. The first-order valence-corrected chi connectivity index (χ1v) is 18.2. The van der Waals surface area contributed by atoms with Crippen LogP contribution in [0, 0.1) is 0 Å². The molecular weight excluding hydrogens is 657 g/mol. The van der Waals surface area contributed by atoms with Gasteiger partial charge in [-0.3, -0.25) is 0 Å². The van der Waals surface area contributed by atoms with E-state index in [2.05, 4.69) is 126 Å². The first-order valence-electron chi connectivity index (χ1n) is 17.4. The molecule has 244 valence electrons.